The number of carbonyl (C=O) groups is 1. The quantitative estimate of drug-likeness (QED) is 0.255. The standard InChI is InChI=1S/C8H9NO.Na.H2O3S2/c1-6-2-4-7(5-3-6)8(9)10;;1-5(2,3)4/h2-5H,1H3,(H2,9,10);;(H2,1,2,3,4)/q;+1;/p-1. The van der Waals surface area contributed by atoms with E-state index in [0.29, 0.717) is 5.56 Å². The number of nitrogens with two attached hydrogens (primary N) is 1. The van der Waals surface area contributed by atoms with Gasteiger partial charge in [0, 0.05) is 5.56 Å². The average Bonchev–Trinajstić information content (AvgIpc) is 2.01. The molecule has 0 fully saturated rings. The van der Waals surface area contributed by atoms with Crippen molar-refractivity contribution in [3.8, 4) is 0 Å². The van der Waals surface area contributed by atoms with Gasteiger partial charge in [-0.3, -0.25) is 4.79 Å². The molecule has 16 heavy (non-hydrogen) atoms. The molecule has 0 atom stereocenters. The molecule has 1 rings (SSSR count). The van der Waals surface area contributed by atoms with E-state index in [1.165, 1.54) is 0 Å². The third-order valence-electron chi connectivity index (χ3n) is 1.34. The van der Waals surface area contributed by atoms with Gasteiger partial charge in [0.1, 0.15) is 9.15 Å². The van der Waals surface area contributed by atoms with Gasteiger partial charge in [-0.25, -0.2) is 8.42 Å². The van der Waals surface area contributed by atoms with Crippen LogP contribution in [0.3, 0.4) is 0 Å². The first-order valence-corrected chi connectivity index (χ1v) is 6.21. The number of carbonyl (C=O) groups excluding carboxylic acids is 1. The van der Waals surface area contributed by atoms with Crippen molar-refractivity contribution in [3.63, 3.8) is 0 Å². The molecule has 84 valence electrons. The van der Waals surface area contributed by atoms with Gasteiger partial charge in [0.05, 0.1) is 0 Å². The summed E-state index contributed by atoms with van der Waals surface area (Å²) in [5.74, 6) is -0.375. The molecule has 1 aromatic rings. The summed E-state index contributed by atoms with van der Waals surface area (Å²) >= 11 is 2.54. The fourth-order valence-corrected chi connectivity index (χ4v) is 0.718. The summed E-state index contributed by atoms with van der Waals surface area (Å²) in [6.45, 7) is 1.96. The van der Waals surface area contributed by atoms with Crippen LogP contribution in [0.15, 0.2) is 24.3 Å². The first-order chi connectivity index (χ1) is 6.70. The van der Waals surface area contributed by atoms with E-state index in [2.05, 4.69) is 11.7 Å². The Morgan fingerprint density at radius 1 is 1.31 bits per heavy atom. The smallest absolute Gasteiger partial charge is 0.739 e. The van der Waals surface area contributed by atoms with Crippen LogP contribution in [0.5, 0.6) is 0 Å². The van der Waals surface area contributed by atoms with Gasteiger partial charge in [-0.05, 0) is 19.1 Å². The third kappa shape index (κ3) is 12.0. The van der Waals surface area contributed by atoms with Crippen LogP contribution in [0.25, 0.3) is 0 Å². The molecule has 1 amide bonds. The van der Waals surface area contributed by atoms with Crippen molar-refractivity contribution in [2.45, 2.75) is 6.92 Å². The molecule has 0 bridgehead atoms. The molecule has 0 aromatic heterocycles. The Bertz CT molecular complexity index is 422. The predicted octanol–water partition coefficient (Wildman–Crippen LogP) is -2.53. The molecule has 0 aliphatic rings. The summed E-state index contributed by atoms with van der Waals surface area (Å²) in [6.07, 6.45) is 0. The molecule has 0 saturated heterocycles. The first-order valence-electron chi connectivity index (χ1n) is 3.75. The Labute approximate surface area is 121 Å². The number of aryl methyl sites for hydroxylation is 1. The van der Waals surface area contributed by atoms with E-state index >= 15 is 0 Å². The van der Waals surface area contributed by atoms with Gasteiger partial charge in [-0.15, -0.1) is 0 Å². The fraction of sp³-hybridized carbons (Fsp3) is 0.125. The van der Waals surface area contributed by atoms with E-state index in [-0.39, 0.29) is 35.5 Å². The normalized spacial score (nSPS) is 9.44. The van der Waals surface area contributed by atoms with Gasteiger partial charge in [-0.1, -0.05) is 29.4 Å². The molecule has 1 aromatic carbocycles. The first kappa shape index (κ1) is 18.3. The monoisotopic (exact) mass is 271 g/mol. The minimum Gasteiger partial charge on any atom is -0.739 e. The fourth-order valence-electron chi connectivity index (χ4n) is 0.718. The SMILES string of the molecule is Cc1ccc(C(N)=O)cc1.O=S(=O)([O-])S.[Na+]. The summed E-state index contributed by atoms with van der Waals surface area (Å²) in [5, 5.41) is 0. The second-order valence-electron chi connectivity index (χ2n) is 2.66. The molecular formula is C8H10NNaO4S2. The van der Waals surface area contributed by atoms with Gasteiger partial charge in [0.15, 0.2) is 0 Å². The van der Waals surface area contributed by atoms with E-state index in [1.54, 1.807) is 12.1 Å². The van der Waals surface area contributed by atoms with Crippen LogP contribution in [0.4, 0.5) is 0 Å². The van der Waals surface area contributed by atoms with E-state index in [0.717, 1.165) is 5.56 Å². The van der Waals surface area contributed by atoms with Crippen molar-refractivity contribution in [1.82, 2.24) is 0 Å². The number of rotatable bonds is 1. The van der Waals surface area contributed by atoms with Crippen LogP contribution < -0.4 is 35.3 Å². The Morgan fingerprint density at radius 2 is 1.62 bits per heavy atom. The van der Waals surface area contributed by atoms with Crippen LogP contribution in [-0.4, -0.2) is 18.9 Å². The van der Waals surface area contributed by atoms with Gasteiger partial charge >= 0.3 is 29.6 Å². The topological polar surface area (TPSA) is 100 Å². The minimum absolute atomic E-state index is 0. The maximum absolute atomic E-state index is 10.5. The summed E-state index contributed by atoms with van der Waals surface area (Å²) in [7, 11) is -4.22. The molecule has 8 heteroatoms. The number of thiol groups is 1. The molecule has 0 aliphatic heterocycles. The van der Waals surface area contributed by atoms with E-state index < -0.39 is 9.15 Å². The zero-order valence-electron chi connectivity index (χ0n) is 8.88. The van der Waals surface area contributed by atoms with Crippen LogP contribution >= 0.6 is 11.7 Å². The zero-order chi connectivity index (χ0) is 12.1. The van der Waals surface area contributed by atoms with E-state index in [1.807, 2.05) is 19.1 Å². The van der Waals surface area contributed by atoms with Crippen molar-refractivity contribution >= 4 is 26.7 Å². The molecule has 2 N–H and O–H groups in total. The van der Waals surface area contributed by atoms with E-state index in [9.17, 15) is 4.79 Å². The van der Waals surface area contributed by atoms with Gasteiger partial charge in [0.25, 0.3) is 0 Å². The Kier molecular flexibility index (Phi) is 9.28. The number of primary amides is 1. The number of benzene rings is 1. The van der Waals surface area contributed by atoms with Crippen molar-refractivity contribution in [1.29, 1.82) is 0 Å². The summed E-state index contributed by atoms with van der Waals surface area (Å²) in [4.78, 5) is 10.5. The molecule has 0 saturated carbocycles. The Balaban J connectivity index is 0. The number of hydrogen-bond donors (Lipinski definition) is 2. The summed E-state index contributed by atoms with van der Waals surface area (Å²) in [6, 6.07) is 7.16. The predicted molar refractivity (Wildman–Crippen MR) is 58.4 cm³/mol. The molecule has 0 unspecified atom stereocenters. The number of amides is 1. The van der Waals surface area contributed by atoms with Crippen molar-refractivity contribution in [3.05, 3.63) is 35.4 Å². The molecule has 0 aliphatic carbocycles. The van der Waals surface area contributed by atoms with Crippen LogP contribution in [-0.2, 0) is 9.15 Å². The van der Waals surface area contributed by atoms with Gasteiger partial charge in [-0.2, -0.15) is 0 Å². The minimum atomic E-state index is -4.22. The summed E-state index contributed by atoms with van der Waals surface area (Å²) in [5.41, 5.74) is 6.72. The van der Waals surface area contributed by atoms with E-state index in [4.69, 9.17) is 18.7 Å². The maximum Gasteiger partial charge on any atom is 1.00 e. The molecular weight excluding hydrogens is 261 g/mol. The van der Waals surface area contributed by atoms with Crippen LogP contribution in [0.2, 0.25) is 0 Å². The zero-order valence-corrected chi connectivity index (χ0v) is 12.6. The number of hydrogen-bond acceptors (Lipinski definition) is 4. The molecule has 0 spiro atoms. The molecule has 0 heterocycles. The average molecular weight is 271 g/mol. The summed E-state index contributed by atoms with van der Waals surface area (Å²) < 4.78 is 26.8. The third-order valence-corrected chi connectivity index (χ3v) is 1.34. The second kappa shape index (κ2) is 8.10. The largest absolute Gasteiger partial charge is 1.00 e. The van der Waals surface area contributed by atoms with Gasteiger partial charge in [0.2, 0.25) is 5.91 Å². The van der Waals surface area contributed by atoms with Crippen molar-refractivity contribution in [2.75, 3.05) is 0 Å². The molecule has 0 radical (unpaired) electrons. The van der Waals surface area contributed by atoms with Gasteiger partial charge < -0.3 is 10.3 Å². The second-order valence-corrected chi connectivity index (χ2v) is 4.86. The molecule has 5 nitrogen and oxygen atoms in total. The Hall–Kier alpha value is -0.0500. The van der Waals surface area contributed by atoms with Crippen LogP contribution in [0, 0.1) is 6.92 Å². The van der Waals surface area contributed by atoms with Crippen LogP contribution in [0.1, 0.15) is 15.9 Å². The van der Waals surface area contributed by atoms with Crippen molar-refractivity contribution in [2.24, 2.45) is 5.73 Å². The van der Waals surface area contributed by atoms with Crippen molar-refractivity contribution < 1.29 is 47.3 Å². The Morgan fingerprint density at radius 3 is 1.88 bits per heavy atom. The maximum atomic E-state index is 10.5.